The molecule has 2 saturated heterocycles. The molecule has 0 bridgehead atoms. The summed E-state index contributed by atoms with van der Waals surface area (Å²) in [5.41, 5.74) is 1.61. The van der Waals surface area contributed by atoms with Gasteiger partial charge in [-0.3, -0.25) is 4.68 Å². The van der Waals surface area contributed by atoms with Gasteiger partial charge in [-0.2, -0.15) is 10.2 Å². The predicted octanol–water partition coefficient (Wildman–Crippen LogP) is 2.65. The summed E-state index contributed by atoms with van der Waals surface area (Å²) in [6.45, 7) is 7.85. The van der Waals surface area contributed by atoms with E-state index in [9.17, 15) is 8.78 Å². The van der Waals surface area contributed by atoms with Crippen molar-refractivity contribution in [3.05, 3.63) is 36.5 Å². The number of hydrogen-bond acceptors (Lipinski definition) is 8. The summed E-state index contributed by atoms with van der Waals surface area (Å²) in [5, 5.41) is 20.5. The third kappa shape index (κ3) is 4.22. The second kappa shape index (κ2) is 8.89. The number of nitrogens with zero attached hydrogens (tertiary/aromatic N) is 9. The number of piperidine rings is 1. The molecule has 190 valence electrons. The van der Waals surface area contributed by atoms with Gasteiger partial charge in [0.25, 0.3) is 6.43 Å². The quantitative estimate of drug-likeness (QED) is 0.448. The van der Waals surface area contributed by atoms with E-state index in [1.165, 1.54) is 4.68 Å². The normalized spacial score (nSPS) is 20.5. The molecule has 2 aliphatic rings. The average molecular weight is 499 g/mol. The van der Waals surface area contributed by atoms with Crippen LogP contribution in [0.4, 0.5) is 14.6 Å². The smallest absolute Gasteiger partial charge is 0.284 e. The van der Waals surface area contributed by atoms with Gasteiger partial charge < -0.3 is 15.0 Å². The van der Waals surface area contributed by atoms with Crippen molar-refractivity contribution >= 4 is 11.5 Å². The number of ether oxygens (including phenoxy) is 1. The third-order valence-electron chi connectivity index (χ3n) is 6.85. The summed E-state index contributed by atoms with van der Waals surface area (Å²) in [4.78, 5) is 6.95. The topological polar surface area (TPSA) is 103 Å². The summed E-state index contributed by atoms with van der Waals surface area (Å²) in [5.74, 6) is 0.825. The Morgan fingerprint density at radius 1 is 1.19 bits per heavy atom. The van der Waals surface area contributed by atoms with E-state index in [-0.39, 0.29) is 23.0 Å². The number of rotatable bonds is 5. The molecule has 4 aromatic heterocycles. The van der Waals surface area contributed by atoms with Crippen LogP contribution in [0.2, 0.25) is 0 Å². The second-order valence-electron chi connectivity index (χ2n) is 9.90. The Hall–Kier alpha value is -3.45. The number of hydrogen-bond donors (Lipinski definition) is 1. The highest BCUT2D eigenvalue weighted by atomic mass is 19.3. The molecule has 0 aromatic carbocycles. The average Bonchev–Trinajstić information content (AvgIpc) is 3.61. The third-order valence-corrected chi connectivity index (χ3v) is 6.85. The van der Waals surface area contributed by atoms with Gasteiger partial charge in [-0.25, -0.2) is 23.0 Å². The fraction of sp³-hybridized carbons (Fsp3) is 0.522. The maximum atomic E-state index is 14.0. The molecule has 6 rings (SSSR count). The van der Waals surface area contributed by atoms with Crippen LogP contribution >= 0.6 is 0 Å². The Bertz CT molecular complexity index is 1370. The zero-order chi connectivity index (χ0) is 24.9. The molecule has 2 aliphatic heterocycles. The minimum absolute atomic E-state index is 0.0258. The molecule has 13 heteroatoms. The predicted molar refractivity (Wildman–Crippen MR) is 127 cm³/mol. The van der Waals surface area contributed by atoms with Gasteiger partial charge in [-0.15, -0.1) is 5.10 Å². The first-order valence-electron chi connectivity index (χ1n) is 12.1. The largest absolute Gasteiger partial charge is 0.378 e. The molecule has 1 atom stereocenters. The first-order chi connectivity index (χ1) is 17.4. The van der Waals surface area contributed by atoms with Crippen LogP contribution in [0.25, 0.3) is 22.6 Å². The minimum atomic E-state index is -2.74. The zero-order valence-electron chi connectivity index (χ0n) is 20.2. The molecule has 0 radical (unpaired) electrons. The van der Waals surface area contributed by atoms with E-state index in [1.807, 2.05) is 12.3 Å². The van der Waals surface area contributed by atoms with E-state index in [4.69, 9.17) is 9.72 Å². The van der Waals surface area contributed by atoms with Crippen LogP contribution < -0.4 is 10.2 Å². The number of morpholine rings is 1. The summed E-state index contributed by atoms with van der Waals surface area (Å²) >= 11 is 0. The SMILES string of the molecule is CC1(C)C[C@H](n2cc(-n3cc(-c4cnn5ccc(N6CCOCC6)nc45)nn3)c(C(F)F)n2)CCN1. The lowest BCUT2D eigenvalue weighted by atomic mass is 9.89. The van der Waals surface area contributed by atoms with Gasteiger partial charge in [0.15, 0.2) is 11.3 Å². The molecule has 0 amide bonds. The Kier molecular flexibility index (Phi) is 5.67. The Morgan fingerprint density at radius 2 is 2.03 bits per heavy atom. The van der Waals surface area contributed by atoms with Crippen LogP contribution in [0.5, 0.6) is 0 Å². The molecule has 6 heterocycles. The molecular weight excluding hydrogens is 470 g/mol. The van der Waals surface area contributed by atoms with Crippen LogP contribution in [-0.4, -0.2) is 77.8 Å². The van der Waals surface area contributed by atoms with Crippen molar-refractivity contribution in [1.29, 1.82) is 0 Å². The van der Waals surface area contributed by atoms with Crippen molar-refractivity contribution in [2.45, 2.75) is 44.7 Å². The van der Waals surface area contributed by atoms with E-state index in [0.717, 1.165) is 38.3 Å². The van der Waals surface area contributed by atoms with Crippen molar-refractivity contribution in [1.82, 2.24) is 44.7 Å². The van der Waals surface area contributed by atoms with Crippen molar-refractivity contribution in [2.75, 3.05) is 37.7 Å². The molecular formula is C23H28F2N10O. The highest BCUT2D eigenvalue weighted by molar-refractivity contribution is 5.75. The van der Waals surface area contributed by atoms with E-state index in [2.05, 4.69) is 44.6 Å². The van der Waals surface area contributed by atoms with Crippen LogP contribution in [0.1, 0.15) is 44.9 Å². The Labute approximate surface area is 206 Å². The van der Waals surface area contributed by atoms with Gasteiger partial charge >= 0.3 is 0 Å². The van der Waals surface area contributed by atoms with E-state index >= 15 is 0 Å². The van der Waals surface area contributed by atoms with Gasteiger partial charge in [-0.05, 0) is 39.3 Å². The fourth-order valence-electron chi connectivity index (χ4n) is 4.99. The van der Waals surface area contributed by atoms with E-state index < -0.39 is 6.43 Å². The lowest BCUT2D eigenvalue weighted by Gasteiger charge is -2.36. The minimum Gasteiger partial charge on any atom is -0.378 e. The molecule has 1 N–H and O–H groups in total. The monoisotopic (exact) mass is 498 g/mol. The number of halogens is 2. The van der Waals surface area contributed by atoms with Gasteiger partial charge in [-0.1, -0.05) is 5.21 Å². The molecule has 2 fully saturated rings. The van der Waals surface area contributed by atoms with E-state index in [0.29, 0.717) is 30.1 Å². The molecule has 4 aromatic rings. The van der Waals surface area contributed by atoms with E-state index in [1.54, 1.807) is 27.8 Å². The standard InChI is InChI=1S/C23H28F2N10O/c1-23(2)11-15(3-5-26-23)34-14-18(20(30-34)21(24)25)35-13-17(29-31-35)16-12-27-33-6-4-19(28-22(16)33)32-7-9-36-10-8-32/h4,6,12-15,21,26H,3,5,7-11H2,1-2H3/t15-/m1/s1. The lowest BCUT2D eigenvalue weighted by molar-refractivity contribution is 0.122. The number of anilines is 1. The molecule has 0 unspecified atom stereocenters. The fourth-order valence-corrected chi connectivity index (χ4v) is 4.99. The van der Waals surface area contributed by atoms with Crippen LogP contribution in [-0.2, 0) is 4.74 Å². The maximum absolute atomic E-state index is 14.0. The molecule has 0 spiro atoms. The van der Waals surface area contributed by atoms with Gasteiger partial charge in [0.05, 0.1) is 43.4 Å². The van der Waals surface area contributed by atoms with Crippen molar-refractivity contribution in [3.63, 3.8) is 0 Å². The van der Waals surface area contributed by atoms with Crippen molar-refractivity contribution in [2.24, 2.45) is 0 Å². The number of fused-ring (bicyclic) bond motifs is 1. The van der Waals surface area contributed by atoms with Crippen molar-refractivity contribution in [3.8, 4) is 16.9 Å². The summed E-state index contributed by atoms with van der Waals surface area (Å²) in [6.07, 6.45) is 5.65. The van der Waals surface area contributed by atoms with Gasteiger partial charge in [0, 0.05) is 24.8 Å². The first kappa shape index (κ1) is 23.0. The Balaban J connectivity index is 1.33. The van der Waals surface area contributed by atoms with Crippen molar-refractivity contribution < 1.29 is 13.5 Å². The maximum Gasteiger partial charge on any atom is 0.284 e. The molecule has 36 heavy (non-hydrogen) atoms. The number of nitrogens with one attached hydrogen (secondary N) is 1. The summed E-state index contributed by atoms with van der Waals surface area (Å²) in [6, 6.07) is 1.94. The first-order valence-corrected chi connectivity index (χ1v) is 12.1. The van der Waals surface area contributed by atoms with Crippen LogP contribution in [0, 0.1) is 0 Å². The Morgan fingerprint density at radius 3 is 2.81 bits per heavy atom. The highest BCUT2D eigenvalue weighted by Gasteiger charge is 2.31. The number of alkyl halides is 2. The number of aromatic nitrogens is 8. The van der Waals surface area contributed by atoms with Gasteiger partial charge in [0.1, 0.15) is 17.2 Å². The zero-order valence-corrected chi connectivity index (χ0v) is 20.2. The van der Waals surface area contributed by atoms with Gasteiger partial charge in [0.2, 0.25) is 0 Å². The van der Waals surface area contributed by atoms with Crippen LogP contribution in [0.3, 0.4) is 0 Å². The summed E-state index contributed by atoms with van der Waals surface area (Å²) in [7, 11) is 0. The summed E-state index contributed by atoms with van der Waals surface area (Å²) < 4.78 is 38.1. The second-order valence-corrected chi connectivity index (χ2v) is 9.90. The highest BCUT2D eigenvalue weighted by Crippen LogP contribution is 2.32. The molecule has 0 aliphatic carbocycles. The molecule has 11 nitrogen and oxygen atoms in total. The molecule has 0 saturated carbocycles. The van der Waals surface area contributed by atoms with Crippen LogP contribution in [0.15, 0.2) is 30.9 Å². The lowest BCUT2D eigenvalue weighted by Crippen LogP contribution is -2.46.